The van der Waals surface area contributed by atoms with Crippen LogP contribution in [0.2, 0.25) is 5.02 Å². The number of aliphatic hydroxyl groups is 1. The first-order chi connectivity index (χ1) is 15.9. The van der Waals surface area contributed by atoms with E-state index in [1.165, 1.54) is 0 Å². The van der Waals surface area contributed by atoms with Gasteiger partial charge in [0, 0.05) is 49.4 Å². The zero-order chi connectivity index (χ0) is 25.0. The molecule has 0 bridgehead atoms. The molecule has 2 N–H and O–H groups in total. The van der Waals surface area contributed by atoms with E-state index >= 15 is 0 Å². The summed E-state index contributed by atoms with van der Waals surface area (Å²) in [7, 11) is 0. The molecule has 190 valence electrons. The topological polar surface area (TPSA) is 82.1 Å². The van der Waals surface area contributed by atoms with E-state index in [2.05, 4.69) is 10.2 Å². The molecule has 1 saturated heterocycles. The van der Waals surface area contributed by atoms with Crippen LogP contribution in [0.4, 0.5) is 10.5 Å². The van der Waals surface area contributed by atoms with E-state index in [9.17, 15) is 14.7 Å². The first kappa shape index (κ1) is 26.8. The van der Waals surface area contributed by atoms with Crippen molar-refractivity contribution in [2.24, 2.45) is 5.92 Å². The highest BCUT2D eigenvalue weighted by Gasteiger charge is 2.31. The third-order valence-electron chi connectivity index (χ3n) is 6.78. The Labute approximate surface area is 208 Å². The minimum Gasteiger partial charge on any atom is -0.444 e. The Bertz CT molecular complexity index is 878. The normalized spacial score (nSPS) is 24.1. The molecule has 2 amide bonds. The Morgan fingerprint density at radius 2 is 1.85 bits per heavy atom. The Hall–Kier alpha value is -1.83. The Kier molecular flexibility index (Phi) is 8.87. The summed E-state index contributed by atoms with van der Waals surface area (Å²) in [6, 6.07) is 3.81. The predicted octanol–water partition coefficient (Wildman–Crippen LogP) is 4.97. The zero-order valence-corrected chi connectivity index (χ0v) is 22.0. The van der Waals surface area contributed by atoms with Crippen molar-refractivity contribution in [1.29, 1.82) is 0 Å². The van der Waals surface area contributed by atoms with Crippen LogP contribution in [0.15, 0.2) is 12.1 Å². The number of piperazine rings is 1. The van der Waals surface area contributed by atoms with Gasteiger partial charge >= 0.3 is 6.09 Å². The van der Waals surface area contributed by atoms with E-state index in [0.29, 0.717) is 30.5 Å². The molecule has 1 unspecified atom stereocenters. The van der Waals surface area contributed by atoms with Gasteiger partial charge < -0.3 is 20.1 Å². The molecule has 2 aliphatic rings. The summed E-state index contributed by atoms with van der Waals surface area (Å²) in [5.41, 5.74) is 2.33. The molecule has 1 aliphatic heterocycles. The molecule has 2 fully saturated rings. The lowest BCUT2D eigenvalue weighted by atomic mass is 9.85. The van der Waals surface area contributed by atoms with Crippen LogP contribution in [0.1, 0.15) is 70.9 Å². The van der Waals surface area contributed by atoms with Gasteiger partial charge in [-0.05, 0) is 89.5 Å². The fraction of sp³-hybridized carbons (Fsp3) is 0.692. The van der Waals surface area contributed by atoms with Gasteiger partial charge in [0.1, 0.15) is 5.60 Å². The maximum Gasteiger partial charge on any atom is 0.410 e. The summed E-state index contributed by atoms with van der Waals surface area (Å²) in [6.07, 6.45) is 3.32. The van der Waals surface area contributed by atoms with Crippen molar-refractivity contribution < 1.29 is 19.4 Å². The largest absolute Gasteiger partial charge is 0.444 e. The van der Waals surface area contributed by atoms with E-state index in [-0.39, 0.29) is 24.1 Å². The minimum absolute atomic E-state index is 0.00250. The van der Waals surface area contributed by atoms with Crippen LogP contribution in [-0.2, 0) is 16.1 Å². The zero-order valence-electron chi connectivity index (χ0n) is 21.2. The van der Waals surface area contributed by atoms with Crippen molar-refractivity contribution >= 4 is 29.3 Å². The fourth-order valence-corrected chi connectivity index (χ4v) is 5.09. The van der Waals surface area contributed by atoms with Crippen molar-refractivity contribution in [2.45, 2.75) is 91.0 Å². The first-order valence-electron chi connectivity index (χ1n) is 12.4. The number of halogens is 1. The average Bonchev–Trinajstić information content (AvgIpc) is 2.72. The van der Waals surface area contributed by atoms with Crippen molar-refractivity contribution in [1.82, 2.24) is 9.80 Å². The highest BCUT2D eigenvalue weighted by Crippen LogP contribution is 2.30. The van der Waals surface area contributed by atoms with Gasteiger partial charge in [0.2, 0.25) is 5.91 Å². The van der Waals surface area contributed by atoms with Crippen LogP contribution in [0, 0.1) is 12.8 Å². The molecule has 0 spiro atoms. The number of benzene rings is 1. The first-order valence-corrected chi connectivity index (χ1v) is 12.8. The number of nitrogens with one attached hydrogen (secondary N) is 1. The lowest BCUT2D eigenvalue weighted by molar-refractivity contribution is -0.117. The van der Waals surface area contributed by atoms with E-state index < -0.39 is 5.60 Å². The number of carbonyl (C=O) groups is 2. The van der Waals surface area contributed by atoms with Gasteiger partial charge in [0.25, 0.3) is 0 Å². The van der Waals surface area contributed by atoms with Gasteiger partial charge in [0.15, 0.2) is 0 Å². The van der Waals surface area contributed by atoms with Gasteiger partial charge in [-0.25, -0.2) is 4.79 Å². The highest BCUT2D eigenvalue weighted by atomic mass is 35.5. The van der Waals surface area contributed by atoms with Crippen LogP contribution < -0.4 is 5.32 Å². The molecule has 7 nitrogen and oxygen atoms in total. The SMILES string of the molecule is Cc1c(CN2CCN(C(=O)OC(C)(C)C)C(C)C2)cc(Cl)cc1NC(=O)CC1CCC(O)CC1. The van der Waals surface area contributed by atoms with Crippen molar-refractivity contribution in [3.8, 4) is 0 Å². The van der Waals surface area contributed by atoms with Crippen molar-refractivity contribution in [3.63, 3.8) is 0 Å². The van der Waals surface area contributed by atoms with Gasteiger partial charge in [-0.3, -0.25) is 9.69 Å². The molecular formula is C26H40ClN3O4. The number of aliphatic hydroxyl groups excluding tert-OH is 1. The summed E-state index contributed by atoms with van der Waals surface area (Å²) in [6.45, 7) is 12.5. The predicted molar refractivity (Wildman–Crippen MR) is 135 cm³/mol. The number of anilines is 1. The second-order valence-electron chi connectivity index (χ2n) is 10.9. The van der Waals surface area contributed by atoms with Crippen LogP contribution in [0.5, 0.6) is 0 Å². The number of amides is 2. The van der Waals surface area contributed by atoms with Crippen molar-refractivity contribution in [3.05, 3.63) is 28.3 Å². The van der Waals surface area contributed by atoms with Gasteiger partial charge in [0.05, 0.1) is 6.10 Å². The average molecular weight is 494 g/mol. The number of carbonyl (C=O) groups excluding carboxylic acids is 2. The summed E-state index contributed by atoms with van der Waals surface area (Å²) in [4.78, 5) is 29.3. The molecule has 1 heterocycles. The van der Waals surface area contributed by atoms with E-state index in [4.69, 9.17) is 16.3 Å². The molecular weight excluding hydrogens is 454 g/mol. The smallest absolute Gasteiger partial charge is 0.410 e. The summed E-state index contributed by atoms with van der Waals surface area (Å²) in [5.74, 6) is 0.322. The van der Waals surface area contributed by atoms with Gasteiger partial charge in [-0.15, -0.1) is 0 Å². The fourth-order valence-electron chi connectivity index (χ4n) is 4.85. The molecule has 1 aliphatic carbocycles. The standard InChI is InChI=1S/C26H40ClN3O4/c1-17-15-29(10-11-30(17)25(33)34-26(3,4)5)16-20-13-21(27)14-23(18(20)2)28-24(32)12-19-6-8-22(31)9-7-19/h13-14,17,19,22,31H,6-12,15-16H2,1-5H3,(H,28,32). The molecule has 0 radical (unpaired) electrons. The highest BCUT2D eigenvalue weighted by molar-refractivity contribution is 6.31. The second kappa shape index (κ2) is 11.3. The molecule has 8 heteroatoms. The molecule has 1 atom stereocenters. The number of nitrogens with zero attached hydrogens (tertiary/aromatic N) is 2. The van der Waals surface area contributed by atoms with E-state index in [1.54, 1.807) is 4.90 Å². The van der Waals surface area contributed by atoms with Crippen LogP contribution in [0.25, 0.3) is 0 Å². The van der Waals surface area contributed by atoms with Crippen molar-refractivity contribution in [2.75, 3.05) is 25.0 Å². The minimum atomic E-state index is -0.509. The Morgan fingerprint density at radius 1 is 1.18 bits per heavy atom. The summed E-state index contributed by atoms with van der Waals surface area (Å²) < 4.78 is 5.55. The number of rotatable bonds is 5. The quantitative estimate of drug-likeness (QED) is 0.605. The van der Waals surface area contributed by atoms with Crippen LogP contribution in [-0.4, -0.2) is 64.3 Å². The summed E-state index contributed by atoms with van der Waals surface area (Å²) in [5, 5.41) is 13.3. The lowest BCUT2D eigenvalue weighted by Gasteiger charge is -2.40. The van der Waals surface area contributed by atoms with Crippen LogP contribution >= 0.6 is 11.6 Å². The number of ether oxygens (including phenoxy) is 1. The molecule has 1 aromatic carbocycles. The molecule has 0 aromatic heterocycles. The van der Waals surface area contributed by atoms with E-state index in [1.807, 2.05) is 46.8 Å². The maximum atomic E-state index is 12.7. The van der Waals surface area contributed by atoms with Gasteiger partial charge in [-0.1, -0.05) is 11.6 Å². The third kappa shape index (κ3) is 7.59. The molecule has 3 rings (SSSR count). The molecule has 34 heavy (non-hydrogen) atoms. The monoisotopic (exact) mass is 493 g/mol. The number of hydrogen-bond donors (Lipinski definition) is 2. The second-order valence-corrected chi connectivity index (χ2v) is 11.4. The van der Waals surface area contributed by atoms with Crippen LogP contribution in [0.3, 0.4) is 0 Å². The lowest BCUT2D eigenvalue weighted by Crippen LogP contribution is -2.54. The van der Waals surface area contributed by atoms with Gasteiger partial charge in [-0.2, -0.15) is 0 Å². The molecule has 1 aromatic rings. The number of hydrogen-bond acceptors (Lipinski definition) is 5. The van der Waals surface area contributed by atoms with E-state index in [0.717, 1.165) is 55.6 Å². The summed E-state index contributed by atoms with van der Waals surface area (Å²) >= 11 is 6.42. The maximum absolute atomic E-state index is 12.7. The Balaban J connectivity index is 1.59. The Morgan fingerprint density at radius 3 is 2.47 bits per heavy atom. The third-order valence-corrected chi connectivity index (χ3v) is 7.00. The molecule has 1 saturated carbocycles.